The summed E-state index contributed by atoms with van der Waals surface area (Å²) in [5.41, 5.74) is 18.8. The van der Waals surface area contributed by atoms with Gasteiger partial charge in [-0.1, -0.05) is 162 Å². The number of rotatable bonds is 12. The molecule has 1 fully saturated rings. The molecular weight excluding hydrogens is 877 g/mol. The Hall–Kier alpha value is -6.79. The first-order chi connectivity index (χ1) is 34.5. The van der Waals surface area contributed by atoms with Crippen molar-refractivity contribution in [2.75, 3.05) is 0 Å². The van der Waals surface area contributed by atoms with Gasteiger partial charge in [0.2, 0.25) is 11.4 Å². The fraction of sp³-hybridized carbons (Fsp3) is 0.284. The van der Waals surface area contributed by atoms with Crippen molar-refractivity contribution in [1.29, 1.82) is 0 Å². The van der Waals surface area contributed by atoms with E-state index in [1.54, 1.807) is 0 Å². The number of para-hydroxylation sites is 1. The molecule has 0 N–H and O–H groups in total. The van der Waals surface area contributed by atoms with Crippen molar-refractivity contribution in [2.24, 2.45) is 0 Å². The molecule has 72 heavy (non-hydrogen) atoms. The predicted octanol–water partition coefficient (Wildman–Crippen LogP) is 19.4. The van der Waals surface area contributed by atoms with Gasteiger partial charge in [-0.3, -0.25) is 4.57 Å². The Balaban J connectivity index is 1.14. The number of hydrogen-bond acceptors (Lipinski definition) is 2. The third kappa shape index (κ3) is 7.62. The molecule has 2 aromatic heterocycles. The summed E-state index contributed by atoms with van der Waals surface area (Å²) in [6.07, 6.45) is 4.17. The average molecular weight is 948 g/mol. The van der Waals surface area contributed by atoms with E-state index in [0.717, 1.165) is 41.2 Å². The van der Waals surface area contributed by atoms with Gasteiger partial charge in [0.1, 0.15) is 17.3 Å². The first kappa shape index (κ1) is 47.5. The van der Waals surface area contributed by atoms with Crippen LogP contribution in [0.1, 0.15) is 141 Å². The van der Waals surface area contributed by atoms with Crippen LogP contribution < -0.4 is 13.9 Å². The number of nitrogens with zero attached hydrogens (tertiary/aromatic N) is 4. The lowest BCUT2D eigenvalue weighted by Crippen LogP contribution is -2.46. The summed E-state index contributed by atoms with van der Waals surface area (Å²) in [4.78, 5) is 4.99. The van der Waals surface area contributed by atoms with Crippen molar-refractivity contribution in [3.05, 3.63) is 198 Å². The van der Waals surface area contributed by atoms with Crippen molar-refractivity contribution in [3.63, 3.8) is 0 Å². The van der Waals surface area contributed by atoms with Crippen LogP contribution in [0.3, 0.4) is 0 Å². The van der Waals surface area contributed by atoms with Crippen LogP contribution in [0.5, 0.6) is 11.5 Å². The molecule has 5 heteroatoms. The molecule has 0 saturated carbocycles. The Labute approximate surface area is 428 Å². The van der Waals surface area contributed by atoms with Crippen LogP contribution in [-0.2, 0) is 10.8 Å². The molecule has 7 aromatic carbocycles. The van der Waals surface area contributed by atoms with Crippen LogP contribution in [0, 0.1) is 6.67 Å². The molecular formula is C67H71N4O+. The van der Waals surface area contributed by atoms with Gasteiger partial charge < -0.3 is 4.74 Å². The highest BCUT2D eigenvalue weighted by Crippen LogP contribution is 2.76. The Kier molecular flexibility index (Phi) is 11.5. The lowest BCUT2D eigenvalue weighted by atomic mass is 9.84. The quantitative estimate of drug-likeness (QED) is 0.0693. The molecule has 0 amide bonds. The van der Waals surface area contributed by atoms with Gasteiger partial charge in [-0.15, -0.1) is 0 Å². The predicted molar refractivity (Wildman–Crippen MR) is 305 cm³/mol. The Morgan fingerprint density at radius 1 is 0.528 bits per heavy atom. The van der Waals surface area contributed by atoms with Crippen molar-refractivity contribution in [3.8, 4) is 39.6 Å². The molecule has 1 unspecified atom stereocenters. The highest BCUT2D eigenvalue weighted by molar-refractivity contribution is 6.09. The normalized spacial score (nSPS) is 17.4. The fourth-order valence-electron chi connectivity index (χ4n) is 11.8. The Morgan fingerprint density at radius 2 is 1.18 bits per heavy atom. The highest BCUT2D eigenvalue weighted by Gasteiger charge is 2.78. The maximum Gasteiger partial charge on any atom is 0.225 e. The second-order valence-electron chi connectivity index (χ2n) is 23.3. The molecule has 2 aliphatic heterocycles. The molecule has 9 aromatic rings. The molecule has 0 spiro atoms. The summed E-state index contributed by atoms with van der Waals surface area (Å²) in [7, 11) is 0. The summed E-state index contributed by atoms with van der Waals surface area (Å²) in [6, 6.07) is 59.3. The zero-order valence-electron chi connectivity index (χ0n) is 44.5. The summed E-state index contributed by atoms with van der Waals surface area (Å²) in [5, 5.41) is 2.36. The fourth-order valence-corrected chi connectivity index (χ4v) is 11.8. The number of quaternary nitrogens is 2. The summed E-state index contributed by atoms with van der Waals surface area (Å²) >= 11 is 0. The standard InChI is InChI=1S/C67H71N4O/c1-13-45(14-2)47-27-30-62-63(37-47)71(52-34-48(46-21-16-15-17-22-46)33-51(38-52)67(10,11)12)42-70(62,71)53-35-49(65-56(43(3)4)24-20-25-57(65)44(5)6)36-55(40-53)72-54-28-29-59-58-23-18-19-26-60(58)69(61(59)41-54)64-39-50(31-32-68-64)66(7,8)9/h15-45H,13-14H2,1-12H3/q+1/t70?,71-/m0/s1. The third-order valence-electron chi connectivity index (χ3n) is 15.9. The van der Waals surface area contributed by atoms with Crippen LogP contribution >= 0.6 is 0 Å². The van der Waals surface area contributed by atoms with Crippen molar-refractivity contribution >= 4 is 44.6 Å². The maximum atomic E-state index is 7.32. The van der Waals surface area contributed by atoms with Crippen LogP contribution in [0.4, 0.5) is 22.7 Å². The first-order valence-corrected chi connectivity index (χ1v) is 26.4. The van der Waals surface area contributed by atoms with Gasteiger partial charge in [-0.05, 0) is 128 Å². The van der Waals surface area contributed by atoms with Crippen LogP contribution in [-0.4, -0.2) is 9.55 Å². The number of ether oxygens (including phenoxy) is 1. The molecule has 11 rings (SSSR count). The molecule has 2 atom stereocenters. The first-order valence-electron chi connectivity index (χ1n) is 26.4. The summed E-state index contributed by atoms with van der Waals surface area (Å²) in [5.74, 6) is 3.63. The van der Waals surface area contributed by atoms with Gasteiger partial charge in [-0.2, -0.15) is 9.18 Å². The number of fused-ring (bicyclic) bond motifs is 7. The Morgan fingerprint density at radius 3 is 1.88 bits per heavy atom. The molecule has 5 nitrogen and oxygen atoms in total. The molecule has 4 heterocycles. The minimum absolute atomic E-state index is 0.0272. The number of benzene rings is 7. The number of hydrogen-bond donors (Lipinski definition) is 0. The van der Waals surface area contributed by atoms with E-state index in [1.807, 2.05) is 6.20 Å². The van der Waals surface area contributed by atoms with Crippen LogP contribution in [0.2, 0.25) is 0 Å². The minimum atomic E-state index is -0.0679. The van der Waals surface area contributed by atoms with Gasteiger partial charge >= 0.3 is 0 Å². The zero-order chi connectivity index (χ0) is 50.5. The van der Waals surface area contributed by atoms with Crippen molar-refractivity contribution in [1.82, 2.24) is 18.7 Å². The summed E-state index contributed by atoms with van der Waals surface area (Å²) in [6.45, 7) is 30.3. The highest BCUT2D eigenvalue weighted by atomic mass is 16.5. The summed E-state index contributed by atoms with van der Waals surface area (Å²) < 4.78 is 10.8. The van der Waals surface area contributed by atoms with E-state index in [-0.39, 0.29) is 10.8 Å². The number of pyridine rings is 1. The smallest absolute Gasteiger partial charge is 0.225 e. The molecule has 1 saturated heterocycles. The second-order valence-corrected chi connectivity index (χ2v) is 23.3. The van der Waals surface area contributed by atoms with E-state index < -0.39 is 0 Å². The molecule has 0 radical (unpaired) electrons. The van der Waals surface area contributed by atoms with Gasteiger partial charge in [-0.25, -0.2) is 4.98 Å². The Bertz CT molecular complexity index is 3520. The van der Waals surface area contributed by atoms with Crippen molar-refractivity contribution in [2.45, 2.75) is 125 Å². The van der Waals surface area contributed by atoms with E-state index in [2.05, 4.69) is 252 Å². The molecule has 0 aliphatic carbocycles. The van der Waals surface area contributed by atoms with E-state index >= 15 is 0 Å². The van der Waals surface area contributed by atoms with Crippen LogP contribution in [0.15, 0.2) is 164 Å². The average Bonchev–Trinajstić information content (AvgIpc) is 3.87. The van der Waals surface area contributed by atoms with Gasteiger partial charge in [0.25, 0.3) is 0 Å². The van der Waals surface area contributed by atoms with E-state index in [4.69, 9.17) is 9.72 Å². The number of aromatic nitrogens is 2. The lowest BCUT2D eigenvalue weighted by Gasteiger charge is -2.41. The SMILES string of the molecule is CCC(CC)c1ccc2c(c1)[N@@+]1(c3cc(-c4ccccc4)cc(C(C)(C)C)c3)[CH-][N+]21c1cc(Oc2ccc3c4ccccc4n(-c4cc(C(C)(C)C)ccn4)c3c2)cc(-c2c(C(C)C)cccc2C(C)C)c1. The van der Waals surface area contributed by atoms with Gasteiger partial charge in [0.05, 0.1) is 11.0 Å². The van der Waals surface area contributed by atoms with Crippen molar-refractivity contribution < 1.29 is 4.74 Å². The third-order valence-corrected chi connectivity index (χ3v) is 15.9. The zero-order valence-corrected chi connectivity index (χ0v) is 44.5. The van der Waals surface area contributed by atoms with Gasteiger partial charge in [0.15, 0.2) is 18.0 Å². The lowest BCUT2D eigenvalue weighted by molar-refractivity contribution is 0.422. The van der Waals surface area contributed by atoms with E-state index in [9.17, 15) is 0 Å². The minimum Gasteiger partial charge on any atom is -0.457 e. The molecule has 0 bridgehead atoms. The maximum absolute atomic E-state index is 7.32. The van der Waals surface area contributed by atoms with Gasteiger partial charge in [0, 0.05) is 59.4 Å². The largest absolute Gasteiger partial charge is 0.457 e. The van der Waals surface area contributed by atoms with Crippen LogP contribution in [0.25, 0.3) is 49.9 Å². The van der Waals surface area contributed by atoms with E-state index in [1.165, 1.54) is 83.6 Å². The monoisotopic (exact) mass is 948 g/mol. The topological polar surface area (TPSA) is 27.1 Å². The van der Waals surface area contributed by atoms with E-state index in [0.29, 0.717) is 26.9 Å². The second kappa shape index (κ2) is 17.5. The molecule has 364 valence electrons. The molecule has 2 aliphatic rings.